The molecule has 0 aliphatic rings. The number of carbonyl (C=O) groups excluding carboxylic acids is 1. The summed E-state index contributed by atoms with van der Waals surface area (Å²) in [5, 5.41) is 11.1. The van der Waals surface area contributed by atoms with Crippen molar-refractivity contribution in [1.29, 1.82) is 0 Å². The summed E-state index contributed by atoms with van der Waals surface area (Å²) >= 11 is 0. The van der Waals surface area contributed by atoms with Crippen molar-refractivity contribution in [1.82, 2.24) is 30.0 Å². The minimum atomic E-state index is -0.169. The summed E-state index contributed by atoms with van der Waals surface area (Å²) in [5.74, 6) is 3.39. The van der Waals surface area contributed by atoms with Gasteiger partial charge in [-0.1, -0.05) is 35.5 Å². The first kappa shape index (κ1) is 21.3. The highest BCUT2D eigenvalue weighted by molar-refractivity contribution is 6.00. The molecule has 0 radical (unpaired) electrons. The van der Waals surface area contributed by atoms with E-state index in [1.54, 1.807) is 18.3 Å². The average molecular weight is 454 g/mol. The van der Waals surface area contributed by atoms with Gasteiger partial charge < -0.3 is 15.2 Å². The Kier molecular flexibility index (Phi) is 5.73. The first-order valence-electron chi connectivity index (χ1n) is 10.9. The zero-order valence-corrected chi connectivity index (χ0v) is 18.8. The van der Waals surface area contributed by atoms with Gasteiger partial charge in [-0.25, -0.2) is 15.0 Å². The van der Waals surface area contributed by atoms with Gasteiger partial charge in [0.1, 0.15) is 28.8 Å². The number of aromatic nitrogens is 5. The molecule has 5 rings (SSSR count). The van der Waals surface area contributed by atoms with E-state index in [1.165, 1.54) is 0 Å². The minimum absolute atomic E-state index is 0.169. The van der Waals surface area contributed by atoms with Crippen LogP contribution < -0.4 is 10.6 Å². The number of nitrogens with zero attached hydrogens (tertiary/aromatic N) is 5. The van der Waals surface area contributed by atoms with E-state index in [9.17, 15) is 4.79 Å². The molecule has 5 aromatic rings. The van der Waals surface area contributed by atoms with Crippen LogP contribution in [0.2, 0.25) is 0 Å². The smallest absolute Gasteiger partial charge is 0.251 e. The number of hydrogen-bond donors (Lipinski definition) is 2. The van der Waals surface area contributed by atoms with Gasteiger partial charge in [0.25, 0.3) is 5.91 Å². The predicted molar refractivity (Wildman–Crippen MR) is 129 cm³/mol. The number of anilines is 1. The number of aryl methyl sites for hydroxylation is 2. The van der Waals surface area contributed by atoms with Gasteiger partial charge in [0.15, 0.2) is 5.76 Å². The van der Waals surface area contributed by atoms with Crippen LogP contribution in [-0.2, 0) is 0 Å². The lowest BCUT2D eigenvalue weighted by Gasteiger charge is -2.10. The van der Waals surface area contributed by atoms with Crippen molar-refractivity contribution in [2.24, 2.45) is 0 Å². The SMILES string of the molecule is Cc1nc(NCCNC(=O)c2ccc3noc(-c4ccccc4)c3c2)cc(-n2ccnc2C)n1. The van der Waals surface area contributed by atoms with Gasteiger partial charge in [0.2, 0.25) is 0 Å². The Balaban J connectivity index is 1.23. The summed E-state index contributed by atoms with van der Waals surface area (Å²) in [6.45, 7) is 4.69. The van der Waals surface area contributed by atoms with Gasteiger partial charge >= 0.3 is 0 Å². The van der Waals surface area contributed by atoms with Gasteiger partial charge in [0.05, 0.1) is 5.39 Å². The monoisotopic (exact) mass is 453 g/mol. The van der Waals surface area contributed by atoms with Crippen LogP contribution in [-0.4, -0.2) is 43.7 Å². The zero-order valence-electron chi connectivity index (χ0n) is 18.8. The van der Waals surface area contributed by atoms with Gasteiger partial charge in [-0.3, -0.25) is 9.36 Å². The van der Waals surface area contributed by atoms with Crippen molar-refractivity contribution in [2.45, 2.75) is 13.8 Å². The Morgan fingerprint density at radius 2 is 1.88 bits per heavy atom. The maximum Gasteiger partial charge on any atom is 0.251 e. The number of carbonyl (C=O) groups is 1. The second kappa shape index (κ2) is 9.14. The molecule has 2 N–H and O–H groups in total. The number of imidazole rings is 1. The lowest BCUT2D eigenvalue weighted by molar-refractivity contribution is 0.0955. The summed E-state index contributed by atoms with van der Waals surface area (Å²) in [7, 11) is 0. The van der Waals surface area contributed by atoms with E-state index in [1.807, 2.05) is 67.1 Å². The second-order valence-corrected chi connectivity index (χ2v) is 7.80. The van der Waals surface area contributed by atoms with E-state index in [2.05, 4.69) is 30.7 Å². The Morgan fingerprint density at radius 3 is 2.68 bits per heavy atom. The van der Waals surface area contributed by atoms with Crippen LogP contribution in [0.5, 0.6) is 0 Å². The number of nitrogens with one attached hydrogen (secondary N) is 2. The van der Waals surface area contributed by atoms with Crippen molar-refractivity contribution < 1.29 is 9.32 Å². The fourth-order valence-corrected chi connectivity index (χ4v) is 3.74. The summed E-state index contributed by atoms with van der Waals surface area (Å²) in [4.78, 5) is 25.9. The van der Waals surface area contributed by atoms with E-state index in [0.29, 0.717) is 41.6 Å². The molecule has 0 bridgehead atoms. The molecule has 0 atom stereocenters. The summed E-state index contributed by atoms with van der Waals surface area (Å²) in [6.07, 6.45) is 3.59. The van der Waals surface area contributed by atoms with Crippen LogP contribution in [0, 0.1) is 13.8 Å². The van der Waals surface area contributed by atoms with Gasteiger partial charge in [0, 0.05) is 42.7 Å². The molecule has 9 nitrogen and oxygen atoms in total. The van der Waals surface area contributed by atoms with E-state index >= 15 is 0 Å². The fraction of sp³-hybridized carbons (Fsp3) is 0.160. The van der Waals surface area contributed by atoms with Gasteiger partial charge in [-0.05, 0) is 32.0 Å². The van der Waals surface area contributed by atoms with Crippen molar-refractivity contribution in [3.63, 3.8) is 0 Å². The topological polar surface area (TPSA) is 111 Å². The Morgan fingerprint density at radius 1 is 1.03 bits per heavy atom. The highest BCUT2D eigenvalue weighted by Crippen LogP contribution is 2.29. The molecule has 0 saturated heterocycles. The standard InChI is InChI=1S/C25H23N7O2/c1-16-29-22(15-23(30-16)32-13-12-26-17(32)2)27-10-11-28-25(33)19-8-9-21-20(14-19)24(34-31-21)18-6-4-3-5-7-18/h3-9,12-15H,10-11H2,1-2H3,(H,28,33)(H,27,29,30). The van der Waals surface area contributed by atoms with Crippen LogP contribution in [0.25, 0.3) is 28.0 Å². The number of rotatable bonds is 7. The average Bonchev–Trinajstić information content (AvgIpc) is 3.47. The lowest BCUT2D eigenvalue weighted by atomic mass is 10.1. The number of benzene rings is 2. The molecule has 0 fully saturated rings. The molecule has 170 valence electrons. The van der Waals surface area contributed by atoms with Crippen molar-refractivity contribution >= 4 is 22.6 Å². The van der Waals surface area contributed by atoms with Crippen molar-refractivity contribution in [3.8, 4) is 17.1 Å². The summed E-state index contributed by atoms with van der Waals surface area (Å²) in [6, 6.07) is 16.9. The Labute approximate surface area is 195 Å². The molecule has 2 aromatic carbocycles. The summed E-state index contributed by atoms with van der Waals surface area (Å²) in [5.41, 5.74) is 2.17. The largest absolute Gasteiger partial charge is 0.368 e. The molecule has 0 aliphatic carbocycles. The maximum atomic E-state index is 12.7. The predicted octanol–water partition coefficient (Wildman–Crippen LogP) is 3.93. The number of amides is 1. The highest BCUT2D eigenvalue weighted by Gasteiger charge is 2.14. The van der Waals surface area contributed by atoms with Crippen LogP contribution in [0.3, 0.4) is 0 Å². The van der Waals surface area contributed by atoms with E-state index in [0.717, 1.165) is 22.6 Å². The highest BCUT2D eigenvalue weighted by atomic mass is 16.5. The van der Waals surface area contributed by atoms with Crippen LogP contribution in [0.1, 0.15) is 22.0 Å². The maximum absolute atomic E-state index is 12.7. The molecule has 1 amide bonds. The van der Waals surface area contributed by atoms with Crippen molar-refractivity contribution in [2.75, 3.05) is 18.4 Å². The third kappa shape index (κ3) is 4.36. The van der Waals surface area contributed by atoms with Crippen molar-refractivity contribution in [3.05, 3.63) is 84.2 Å². The van der Waals surface area contributed by atoms with E-state index in [4.69, 9.17) is 4.52 Å². The third-order valence-corrected chi connectivity index (χ3v) is 5.39. The van der Waals surface area contributed by atoms with Gasteiger partial charge in [-0.15, -0.1) is 0 Å². The number of hydrogen-bond acceptors (Lipinski definition) is 7. The van der Waals surface area contributed by atoms with Crippen LogP contribution in [0.15, 0.2) is 71.5 Å². The molecule has 0 unspecified atom stereocenters. The minimum Gasteiger partial charge on any atom is -0.368 e. The molecule has 0 spiro atoms. The second-order valence-electron chi connectivity index (χ2n) is 7.80. The molecule has 3 heterocycles. The summed E-state index contributed by atoms with van der Waals surface area (Å²) < 4.78 is 7.42. The first-order valence-corrected chi connectivity index (χ1v) is 10.9. The van der Waals surface area contributed by atoms with Gasteiger partial charge in [-0.2, -0.15) is 0 Å². The normalized spacial score (nSPS) is 11.0. The molecular formula is C25H23N7O2. The molecule has 34 heavy (non-hydrogen) atoms. The third-order valence-electron chi connectivity index (χ3n) is 5.39. The molecule has 3 aromatic heterocycles. The first-order chi connectivity index (χ1) is 16.6. The molecule has 9 heteroatoms. The Hall–Kier alpha value is -4.53. The fourth-order valence-electron chi connectivity index (χ4n) is 3.74. The van der Waals surface area contributed by atoms with Crippen LogP contribution in [0.4, 0.5) is 5.82 Å². The van der Waals surface area contributed by atoms with Crippen LogP contribution >= 0.6 is 0 Å². The molecular weight excluding hydrogens is 430 g/mol. The molecule has 0 aliphatic heterocycles. The van der Waals surface area contributed by atoms with E-state index in [-0.39, 0.29) is 5.91 Å². The zero-order chi connectivity index (χ0) is 23.5. The quantitative estimate of drug-likeness (QED) is 0.359. The Bertz CT molecular complexity index is 1460. The number of fused-ring (bicyclic) bond motifs is 1. The van der Waals surface area contributed by atoms with E-state index < -0.39 is 0 Å². The lowest BCUT2D eigenvalue weighted by Crippen LogP contribution is -2.29. The molecule has 0 saturated carbocycles.